The van der Waals surface area contributed by atoms with Crippen LogP contribution in [0.1, 0.15) is 6.92 Å². The second-order valence-electron chi connectivity index (χ2n) is 6.68. The van der Waals surface area contributed by atoms with Gasteiger partial charge in [0.15, 0.2) is 0 Å². The molecule has 0 aliphatic rings. The quantitative estimate of drug-likeness (QED) is 0.151. The third-order valence-electron chi connectivity index (χ3n) is 4.18. The zero-order chi connectivity index (χ0) is 28.5. The average molecular weight is 550 g/mol. The molecular formula is C16H10F12N4O4. The molecule has 0 radical (unpaired) electrons. The van der Waals surface area contributed by atoms with Gasteiger partial charge in [0.2, 0.25) is 0 Å². The summed E-state index contributed by atoms with van der Waals surface area (Å²) in [6.07, 6.45) is -7.03. The van der Waals surface area contributed by atoms with Crippen LogP contribution in [0.15, 0.2) is 35.5 Å². The van der Waals surface area contributed by atoms with Crippen molar-refractivity contribution < 1.29 is 62.5 Å². The van der Waals surface area contributed by atoms with Crippen molar-refractivity contribution in [3.05, 3.63) is 50.6 Å². The fourth-order valence-corrected chi connectivity index (χ4v) is 2.15. The summed E-state index contributed by atoms with van der Waals surface area (Å²) in [5.74, 6) is -36.1. The molecule has 1 aromatic carbocycles. The predicted molar refractivity (Wildman–Crippen MR) is 96.4 cm³/mol. The lowest BCUT2D eigenvalue weighted by atomic mass is 9.94. The smallest absolute Gasteiger partial charge is 0.271 e. The molecule has 0 saturated carbocycles. The number of nitro benzene ring substituents is 2. The van der Waals surface area contributed by atoms with Crippen LogP contribution in [0.2, 0.25) is 0 Å². The first kappa shape index (κ1) is 30.4. The third-order valence-corrected chi connectivity index (χ3v) is 4.18. The van der Waals surface area contributed by atoms with Crippen molar-refractivity contribution in [1.82, 2.24) is 0 Å². The number of hydrogen-bond donors (Lipinski definition) is 1. The van der Waals surface area contributed by atoms with E-state index in [0.717, 1.165) is 6.07 Å². The first-order chi connectivity index (χ1) is 16.0. The Kier molecular flexibility index (Phi) is 8.28. The van der Waals surface area contributed by atoms with Gasteiger partial charge in [-0.3, -0.25) is 25.7 Å². The minimum atomic E-state index is -7.70. The van der Waals surface area contributed by atoms with Gasteiger partial charge in [-0.15, -0.1) is 0 Å². The summed E-state index contributed by atoms with van der Waals surface area (Å²) in [6, 6.07) is 1.88. The lowest BCUT2D eigenvalue weighted by molar-refractivity contribution is -0.406. The van der Waals surface area contributed by atoms with Crippen molar-refractivity contribution >= 4 is 22.8 Å². The summed E-state index contributed by atoms with van der Waals surface area (Å²) in [5, 5.41) is 24.8. The highest BCUT2D eigenvalue weighted by Gasteiger charge is 2.87. The van der Waals surface area contributed by atoms with E-state index in [1.807, 2.05) is 5.43 Å². The minimum absolute atomic E-state index is 0.225. The van der Waals surface area contributed by atoms with Gasteiger partial charge in [-0.2, -0.15) is 49.0 Å². The van der Waals surface area contributed by atoms with E-state index in [-0.39, 0.29) is 6.08 Å². The number of halogens is 12. The second-order valence-corrected chi connectivity index (χ2v) is 6.68. The standard InChI is InChI=1S/C16H10F12N4O4/c1-7(29-30-9-3-2-8(31(33)34)6-10(9)32(35)36)4-5-12(19,20)14(23,24)16(27,28)15(25,26)13(21,22)11(17)18/h2-6,11,30H,1H3/b5-4+,29-7+. The summed E-state index contributed by atoms with van der Waals surface area (Å²) in [6.45, 7) is 0.673. The molecule has 1 aromatic rings. The predicted octanol–water partition coefficient (Wildman–Crippen LogP) is 6.29. The fraction of sp³-hybridized carbons (Fsp3) is 0.438. The third kappa shape index (κ3) is 5.30. The van der Waals surface area contributed by atoms with Crippen molar-refractivity contribution in [3.63, 3.8) is 0 Å². The zero-order valence-corrected chi connectivity index (χ0v) is 17.0. The molecule has 0 atom stereocenters. The van der Waals surface area contributed by atoms with Gasteiger partial charge in [-0.1, -0.05) is 0 Å². The van der Waals surface area contributed by atoms with Gasteiger partial charge in [-0.25, -0.2) is 8.78 Å². The SMILES string of the molecule is CC(/C=C/C(F)(F)C(F)(F)C(F)(F)C(F)(F)C(F)(F)C(F)F)=N\Nc1ccc([N+](=O)[O-])cc1[N+](=O)[O-]. The monoisotopic (exact) mass is 550 g/mol. The fourth-order valence-electron chi connectivity index (χ4n) is 2.15. The molecule has 1 N–H and O–H groups in total. The van der Waals surface area contributed by atoms with Crippen LogP contribution in [0.3, 0.4) is 0 Å². The molecule has 0 aliphatic carbocycles. The Morgan fingerprint density at radius 3 is 1.89 bits per heavy atom. The first-order valence-corrected chi connectivity index (χ1v) is 8.64. The van der Waals surface area contributed by atoms with Gasteiger partial charge >= 0.3 is 41.7 Å². The second kappa shape index (κ2) is 9.80. The van der Waals surface area contributed by atoms with Crippen molar-refractivity contribution in [2.75, 3.05) is 5.43 Å². The van der Waals surface area contributed by atoms with E-state index >= 15 is 0 Å². The van der Waals surface area contributed by atoms with Crippen LogP contribution >= 0.6 is 0 Å². The lowest BCUT2D eigenvalue weighted by Crippen LogP contribution is -2.68. The van der Waals surface area contributed by atoms with Gasteiger partial charge in [-0.05, 0) is 25.1 Å². The maximum absolute atomic E-state index is 13.7. The van der Waals surface area contributed by atoms with Crippen molar-refractivity contribution in [2.24, 2.45) is 5.10 Å². The molecule has 0 amide bonds. The van der Waals surface area contributed by atoms with E-state index in [1.165, 1.54) is 0 Å². The molecule has 0 bridgehead atoms. The molecule has 20 heteroatoms. The number of nitrogens with one attached hydrogen (secondary N) is 1. The summed E-state index contributed by atoms with van der Waals surface area (Å²) in [7, 11) is 0. The maximum atomic E-state index is 13.7. The Balaban J connectivity index is 3.28. The zero-order valence-electron chi connectivity index (χ0n) is 17.0. The van der Waals surface area contributed by atoms with E-state index in [1.54, 1.807) is 0 Å². The number of nitro groups is 2. The number of hydrazone groups is 1. The summed E-state index contributed by atoms with van der Waals surface area (Å²) in [4.78, 5) is 19.4. The normalized spacial score (nSPS) is 14.4. The average Bonchev–Trinajstić information content (AvgIpc) is 2.75. The number of benzene rings is 1. The molecule has 1 rings (SSSR count). The Bertz CT molecular complexity index is 1080. The number of hydrogen-bond acceptors (Lipinski definition) is 6. The molecule has 0 spiro atoms. The van der Waals surface area contributed by atoms with Crippen LogP contribution in [-0.4, -0.2) is 51.6 Å². The Hall–Kier alpha value is -3.61. The molecular weight excluding hydrogens is 540 g/mol. The van der Waals surface area contributed by atoms with E-state index in [2.05, 4.69) is 5.10 Å². The molecule has 0 saturated heterocycles. The van der Waals surface area contributed by atoms with Crippen molar-refractivity contribution in [1.29, 1.82) is 0 Å². The minimum Gasteiger partial charge on any atom is -0.271 e. The molecule has 0 aliphatic heterocycles. The number of allylic oxidation sites excluding steroid dienone is 2. The molecule has 0 unspecified atom stereocenters. The first-order valence-electron chi connectivity index (χ1n) is 8.64. The van der Waals surface area contributed by atoms with Crippen LogP contribution in [0.25, 0.3) is 0 Å². The van der Waals surface area contributed by atoms with Crippen LogP contribution in [-0.2, 0) is 0 Å². The van der Waals surface area contributed by atoms with Crippen LogP contribution in [0.4, 0.5) is 69.7 Å². The maximum Gasteiger partial charge on any atom is 0.385 e. The highest BCUT2D eigenvalue weighted by atomic mass is 19.4. The Morgan fingerprint density at radius 2 is 1.44 bits per heavy atom. The topological polar surface area (TPSA) is 111 Å². The molecule has 0 heterocycles. The Morgan fingerprint density at radius 1 is 0.917 bits per heavy atom. The molecule has 8 nitrogen and oxygen atoms in total. The molecule has 0 aromatic heterocycles. The molecule has 202 valence electrons. The highest BCUT2D eigenvalue weighted by molar-refractivity contribution is 5.93. The number of rotatable bonds is 11. The lowest BCUT2D eigenvalue weighted by Gasteiger charge is -2.38. The summed E-state index contributed by atoms with van der Waals surface area (Å²) in [5.41, 5.74) is -1.43. The highest BCUT2D eigenvalue weighted by Crippen LogP contribution is 2.58. The van der Waals surface area contributed by atoms with Gasteiger partial charge in [0.25, 0.3) is 5.69 Å². The molecule has 0 fully saturated rings. The largest absolute Gasteiger partial charge is 0.385 e. The van der Waals surface area contributed by atoms with Crippen molar-refractivity contribution in [2.45, 2.75) is 43.0 Å². The van der Waals surface area contributed by atoms with Gasteiger partial charge in [0, 0.05) is 6.07 Å². The van der Waals surface area contributed by atoms with Crippen LogP contribution in [0, 0.1) is 20.2 Å². The number of non-ortho nitro benzene ring substituents is 1. The van der Waals surface area contributed by atoms with E-state index in [4.69, 9.17) is 0 Å². The van der Waals surface area contributed by atoms with E-state index < -0.39 is 74.7 Å². The number of nitrogens with zero attached hydrogens (tertiary/aromatic N) is 3. The molecule has 36 heavy (non-hydrogen) atoms. The summed E-state index contributed by atoms with van der Waals surface area (Å²) < 4.78 is 158. The van der Waals surface area contributed by atoms with Gasteiger partial charge in [0.05, 0.1) is 21.6 Å². The van der Waals surface area contributed by atoms with Crippen LogP contribution in [0.5, 0.6) is 0 Å². The number of anilines is 1. The van der Waals surface area contributed by atoms with Gasteiger partial charge < -0.3 is 0 Å². The Labute approximate surface area is 190 Å². The number of alkyl halides is 12. The van der Waals surface area contributed by atoms with Crippen LogP contribution < -0.4 is 5.43 Å². The van der Waals surface area contributed by atoms with Gasteiger partial charge in [0.1, 0.15) is 5.69 Å². The summed E-state index contributed by atoms with van der Waals surface area (Å²) >= 11 is 0. The van der Waals surface area contributed by atoms with Crippen molar-refractivity contribution in [3.8, 4) is 0 Å². The van der Waals surface area contributed by atoms with E-state index in [0.29, 0.717) is 19.1 Å². The van der Waals surface area contributed by atoms with E-state index in [9.17, 15) is 72.9 Å².